The quantitative estimate of drug-likeness (QED) is 0.618. The van der Waals surface area contributed by atoms with Gasteiger partial charge in [-0.2, -0.15) is 0 Å². The van der Waals surface area contributed by atoms with Crippen molar-refractivity contribution in [1.29, 1.82) is 0 Å². The van der Waals surface area contributed by atoms with Gasteiger partial charge in [0.05, 0.1) is 17.8 Å². The minimum absolute atomic E-state index is 0.0823. The number of primary amides is 1. The fraction of sp³-hybridized carbons (Fsp3) is 0.286. The number of piperazine rings is 1. The number of carbonyl (C=O) groups excluding carboxylic acids is 4. The van der Waals surface area contributed by atoms with Crippen LogP contribution < -0.4 is 11.1 Å². The van der Waals surface area contributed by atoms with E-state index >= 15 is 0 Å². The fourth-order valence-corrected chi connectivity index (χ4v) is 2.94. The maximum absolute atomic E-state index is 12.6. The number of amides is 4. The minimum atomic E-state index is -1.09. The molecule has 0 aromatic heterocycles. The molecular weight excluding hydrogens is 324 g/mol. The van der Waals surface area contributed by atoms with Gasteiger partial charge in [0.2, 0.25) is 5.91 Å². The maximum Gasteiger partial charge on any atom is 0.311 e. The smallest absolute Gasteiger partial charge is 0.311 e. The van der Waals surface area contributed by atoms with Crippen LogP contribution in [0.15, 0.2) is 18.2 Å². The number of nitrogens with zero attached hydrogens (tertiary/aromatic N) is 2. The summed E-state index contributed by atoms with van der Waals surface area (Å²) in [6.45, 7) is 0.194. The Morgan fingerprint density at radius 2 is 2.00 bits per heavy atom. The van der Waals surface area contributed by atoms with Crippen LogP contribution >= 0.6 is 11.6 Å². The number of benzene rings is 1. The van der Waals surface area contributed by atoms with Gasteiger partial charge in [0.25, 0.3) is 5.91 Å². The van der Waals surface area contributed by atoms with Gasteiger partial charge in [-0.05, 0) is 18.2 Å². The van der Waals surface area contributed by atoms with E-state index in [1.54, 1.807) is 12.1 Å². The first-order valence-electron chi connectivity index (χ1n) is 6.88. The zero-order chi connectivity index (χ0) is 16.7. The van der Waals surface area contributed by atoms with Crippen molar-refractivity contribution in [2.45, 2.75) is 6.04 Å². The third kappa shape index (κ3) is 2.61. The molecule has 2 heterocycles. The number of halogens is 1. The van der Waals surface area contributed by atoms with Crippen LogP contribution in [0.25, 0.3) is 0 Å². The van der Waals surface area contributed by atoms with Crippen molar-refractivity contribution >= 4 is 40.9 Å². The van der Waals surface area contributed by atoms with Gasteiger partial charge in [0, 0.05) is 18.1 Å². The van der Waals surface area contributed by atoms with E-state index in [0.29, 0.717) is 16.3 Å². The van der Waals surface area contributed by atoms with Gasteiger partial charge in [0.15, 0.2) is 0 Å². The molecule has 1 fully saturated rings. The van der Waals surface area contributed by atoms with E-state index in [2.05, 4.69) is 5.32 Å². The zero-order valence-corrected chi connectivity index (χ0v) is 12.7. The molecule has 0 aliphatic carbocycles. The molecule has 2 aliphatic rings. The summed E-state index contributed by atoms with van der Waals surface area (Å²) in [5.74, 6) is -2.73. The highest BCUT2D eigenvalue weighted by Gasteiger charge is 2.41. The van der Waals surface area contributed by atoms with E-state index in [0.717, 1.165) is 0 Å². The lowest BCUT2D eigenvalue weighted by atomic mass is 10.1. The molecule has 0 radical (unpaired) electrons. The average Bonchev–Trinajstić information content (AvgIpc) is 2.62. The van der Waals surface area contributed by atoms with Crippen LogP contribution in [0.4, 0.5) is 5.69 Å². The van der Waals surface area contributed by atoms with E-state index in [9.17, 15) is 19.2 Å². The second kappa shape index (κ2) is 5.54. The van der Waals surface area contributed by atoms with E-state index in [4.69, 9.17) is 17.3 Å². The van der Waals surface area contributed by atoms with Crippen molar-refractivity contribution in [2.75, 3.05) is 25.0 Å². The summed E-state index contributed by atoms with van der Waals surface area (Å²) in [5, 5.41) is 3.03. The Bertz CT molecular complexity index is 735. The van der Waals surface area contributed by atoms with Crippen molar-refractivity contribution in [3.63, 3.8) is 0 Å². The lowest BCUT2D eigenvalue weighted by Gasteiger charge is -2.38. The Hall–Kier alpha value is -2.61. The zero-order valence-electron chi connectivity index (χ0n) is 11.9. The van der Waals surface area contributed by atoms with Crippen LogP contribution in [0.1, 0.15) is 10.4 Å². The highest BCUT2D eigenvalue weighted by atomic mass is 35.5. The lowest BCUT2D eigenvalue weighted by molar-refractivity contribution is -0.146. The van der Waals surface area contributed by atoms with Crippen molar-refractivity contribution in [1.82, 2.24) is 9.80 Å². The van der Waals surface area contributed by atoms with Crippen molar-refractivity contribution in [3.05, 3.63) is 28.8 Å². The van der Waals surface area contributed by atoms with Crippen LogP contribution in [0.3, 0.4) is 0 Å². The highest BCUT2D eigenvalue weighted by Crippen LogP contribution is 2.27. The fourth-order valence-electron chi connectivity index (χ4n) is 2.77. The number of carbonyl (C=O) groups is 4. The molecule has 1 aromatic rings. The van der Waals surface area contributed by atoms with Crippen LogP contribution in [0.5, 0.6) is 0 Å². The average molecular weight is 337 g/mol. The van der Waals surface area contributed by atoms with Crippen LogP contribution in [-0.4, -0.2) is 59.1 Å². The molecule has 1 aromatic carbocycles. The van der Waals surface area contributed by atoms with Gasteiger partial charge in [-0.3, -0.25) is 19.2 Å². The number of fused-ring (bicyclic) bond motifs is 2. The third-order valence-corrected chi connectivity index (χ3v) is 4.15. The lowest BCUT2D eigenvalue weighted by Crippen LogP contribution is -2.60. The Kier molecular flexibility index (Phi) is 3.69. The van der Waals surface area contributed by atoms with Crippen molar-refractivity contribution < 1.29 is 19.2 Å². The highest BCUT2D eigenvalue weighted by molar-refractivity contribution is 6.34. The minimum Gasteiger partial charge on any atom is -0.361 e. The molecule has 0 spiro atoms. The summed E-state index contributed by atoms with van der Waals surface area (Å²) < 4.78 is 0. The van der Waals surface area contributed by atoms with Gasteiger partial charge in [-0.1, -0.05) is 11.6 Å². The first-order valence-corrected chi connectivity index (χ1v) is 7.26. The molecule has 3 rings (SSSR count). The second-order valence-electron chi connectivity index (χ2n) is 5.31. The third-order valence-electron chi connectivity index (χ3n) is 3.91. The number of anilines is 1. The molecule has 2 aliphatic heterocycles. The topological polar surface area (TPSA) is 113 Å². The molecule has 3 N–H and O–H groups in total. The predicted octanol–water partition coefficient (Wildman–Crippen LogP) is -0.570. The van der Waals surface area contributed by atoms with Gasteiger partial charge < -0.3 is 20.9 Å². The molecular formula is C14H13ClN4O4. The van der Waals surface area contributed by atoms with Gasteiger partial charge in [0.1, 0.15) is 6.04 Å². The molecule has 23 heavy (non-hydrogen) atoms. The van der Waals surface area contributed by atoms with Crippen LogP contribution in [-0.2, 0) is 14.4 Å². The number of nitrogens with two attached hydrogens (primary N) is 1. The first-order chi connectivity index (χ1) is 10.9. The first kappa shape index (κ1) is 15.3. The normalized spacial score (nSPS) is 20.3. The molecule has 4 amide bonds. The maximum atomic E-state index is 12.6. The van der Waals surface area contributed by atoms with E-state index < -0.39 is 23.8 Å². The molecule has 1 saturated heterocycles. The number of nitrogens with one attached hydrogen (secondary N) is 1. The van der Waals surface area contributed by atoms with Gasteiger partial charge in [-0.25, -0.2) is 0 Å². The van der Waals surface area contributed by atoms with Crippen LogP contribution in [0, 0.1) is 0 Å². The standard InChI is InChI=1S/C14H13ClN4O4/c15-7-1-2-8-9(5-7)17-12(21)10-6-18(14(23)11(16)20)3-4-19(10)13(8)22/h1-2,5,10H,3-4,6H2,(H2,16,20)(H,17,21)/t10-/m0/s1. The Balaban J connectivity index is 1.93. The Morgan fingerprint density at radius 1 is 1.26 bits per heavy atom. The number of hydrogen-bond donors (Lipinski definition) is 2. The summed E-state index contributed by atoms with van der Waals surface area (Å²) in [4.78, 5) is 50.3. The van der Waals surface area contributed by atoms with Crippen LogP contribution in [0.2, 0.25) is 5.02 Å². The van der Waals surface area contributed by atoms with Crippen molar-refractivity contribution in [3.8, 4) is 0 Å². The molecule has 120 valence electrons. The summed E-state index contributed by atoms with van der Waals surface area (Å²) in [6.07, 6.45) is 0. The molecule has 0 bridgehead atoms. The number of hydrogen-bond acceptors (Lipinski definition) is 4. The van der Waals surface area contributed by atoms with Gasteiger partial charge >= 0.3 is 11.8 Å². The largest absolute Gasteiger partial charge is 0.361 e. The Morgan fingerprint density at radius 3 is 2.70 bits per heavy atom. The Labute approximate surface area is 136 Å². The molecule has 0 saturated carbocycles. The van der Waals surface area contributed by atoms with E-state index in [1.807, 2.05) is 0 Å². The summed E-state index contributed by atoms with van der Waals surface area (Å²) >= 11 is 5.90. The SMILES string of the molecule is NC(=O)C(=O)N1CCN2C(=O)c3ccc(Cl)cc3NC(=O)[C@@H]2C1. The van der Waals surface area contributed by atoms with E-state index in [1.165, 1.54) is 15.9 Å². The number of rotatable bonds is 0. The van der Waals surface area contributed by atoms with E-state index in [-0.39, 0.29) is 25.5 Å². The molecule has 0 unspecified atom stereocenters. The molecule has 9 heteroatoms. The van der Waals surface area contributed by atoms with Gasteiger partial charge in [-0.15, -0.1) is 0 Å². The predicted molar refractivity (Wildman–Crippen MR) is 80.7 cm³/mol. The summed E-state index contributed by atoms with van der Waals surface area (Å²) in [5.41, 5.74) is 5.65. The monoisotopic (exact) mass is 336 g/mol. The molecule has 8 nitrogen and oxygen atoms in total. The summed E-state index contributed by atoms with van der Waals surface area (Å²) in [7, 11) is 0. The van der Waals surface area contributed by atoms with Crippen molar-refractivity contribution in [2.24, 2.45) is 5.73 Å². The second-order valence-corrected chi connectivity index (χ2v) is 5.75. The summed E-state index contributed by atoms with van der Waals surface area (Å²) in [6, 6.07) is 3.73. The molecule has 1 atom stereocenters.